The number of carbonyl (C=O) groups excluding carboxylic acids is 4. The van der Waals surface area contributed by atoms with Crippen LogP contribution in [-0.4, -0.2) is 96.7 Å². The molecule has 0 fully saturated rings. The summed E-state index contributed by atoms with van der Waals surface area (Å²) >= 11 is 0. The van der Waals surface area contributed by atoms with Crippen LogP contribution in [0.15, 0.2) is 24.3 Å². The van der Waals surface area contributed by atoms with Crippen LogP contribution in [0.1, 0.15) is 369 Å². The van der Waals surface area contributed by atoms with E-state index in [1.165, 1.54) is 173 Å². The molecule has 95 heavy (non-hydrogen) atoms. The Hall–Kier alpha value is -2.46. The molecule has 3 N–H and O–H groups in total. The van der Waals surface area contributed by atoms with Crippen LogP contribution in [0.5, 0.6) is 0 Å². The smallest absolute Gasteiger partial charge is 0.462 e. The maximum atomic E-state index is 13.1. The largest absolute Gasteiger partial charge is 0.472 e. The van der Waals surface area contributed by atoms with E-state index in [-0.39, 0.29) is 25.7 Å². The van der Waals surface area contributed by atoms with Crippen molar-refractivity contribution in [3.8, 4) is 0 Å². The van der Waals surface area contributed by atoms with Gasteiger partial charge in [0, 0.05) is 25.7 Å². The number of hydrogen-bond donors (Lipinski definition) is 3. The van der Waals surface area contributed by atoms with E-state index >= 15 is 0 Å². The summed E-state index contributed by atoms with van der Waals surface area (Å²) in [6.07, 6.45) is 57.5. The van der Waals surface area contributed by atoms with E-state index in [2.05, 4.69) is 65.8 Å². The van der Waals surface area contributed by atoms with Crippen molar-refractivity contribution in [2.75, 3.05) is 39.6 Å². The average molecular weight is 1390 g/mol. The maximum Gasteiger partial charge on any atom is 0.472 e. The normalized spacial score (nSPS) is 14.5. The van der Waals surface area contributed by atoms with Crippen LogP contribution in [0.3, 0.4) is 0 Å². The molecule has 17 nitrogen and oxygen atoms in total. The van der Waals surface area contributed by atoms with E-state index in [0.29, 0.717) is 25.7 Å². The van der Waals surface area contributed by atoms with Gasteiger partial charge in [-0.3, -0.25) is 37.3 Å². The molecule has 3 unspecified atom stereocenters. The zero-order valence-electron chi connectivity index (χ0n) is 61.5. The lowest BCUT2D eigenvalue weighted by atomic mass is 9.99. The van der Waals surface area contributed by atoms with Gasteiger partial charge in [0.2, 0.25) is 0 Å². The van der Waals surface area contributed by atoms with Gasteiger partial charge < -0.3 is 33.8 Å². The van der Waals surface area contributed by atoms with Crippen molar-refractivity contribution in [1.82, 2.24) is 0 Å². The Balaban J connectivity index is 5.31. The number of esters is 4. The van der Waals surface area contributed by atoms with Crippen LogP contribution in [0, 0.1) is 11.8 Å². The number of carbonyl (C=O) groups is 4. The van der Waals surface area contributed by atoms with Crippen molar-refractivity contribution in [2.24, 2.45) is 11.8 Å². The summed E-state index contributed by atoms with van der Waals surface area (Å²) in [5, 5.41) is 10.6. The van der Waals surface area contributed by atoms with Gasteiger partial charge in [-0.1, -0.05) is 316 Å². The van der Waals surface area contributed by atoms with Crippen molar-refractivity contribution in [1.29, 1.82) is 0 Å². The van der Waals surface area contributed by atoms with Gasteiger partial charge in [-0.05, 0) is 63.2 Å². The minimum absolute atomic E-state index is 0.0849. The quantitative estimate of drug-likeness (QED) is 0.0169. The summed E-state index contributed by atoms with van der Waals surface area (Å²) in [5.74, 6) is -0.600. The van der Waals surface area contributed by atoms with Crippen molar-refractivity contribution >= 4 is 39.5 Å². The van der Waals surface area contributed by atoms with Gasteiger partial charge in [-0.2, -0.15) is 0 Å². The van der Waals surface area contributed by atoms with Gasteiger partial charge in [0.25, 0.3) is 0 Å². The first kappa shape index (κ1) is 92.5. The lowest BCUT2D eigenvalue weighted by Gasteiger charge is -2.21. The molecule has 0 aliphatic rings. The van der Waals surface area contributed by atoms with Crippen molar-refractivity contribution in [3.63, 3.8) is 0 Å². The minimum atomic E-state index is -4.97. The summed E-state index contributed by atoms with van der Waals surface area (Å²) in [7, 11) is -9.93. The predicted molar refractivity (Wildman–Crippen MR) is 386 cm³/mol. The Morgan fingerprint density at radius 1 is 0.347 bits per heavy atom. The first-order valence-electron chi connectivity index (χ1n) is 38.8. The van der Waals surface area contributed by atoms with Gasteiger partial charge in [-0.15, -0.1) is 0 Å². The minimum Gasteiger partial charge on any atom is -0.462 e. The summed E-state index contributed by atoms with van der Waals surface area (Å²) in [6, 6.07) is 0. The molecule has 0 saturated heterocycles. The number of phosphoric acid groups is 2. The molecule has 0 amide bonds. The van der Waals surface area contributed by atoms with Gasteiger partial charge in [0.15, 0.2) is 12.2 Å². The number of aliphatic hydroxyl groups is 1. The summed E-state index contributed by atoms with van der Waals surface area (Å²) in [6.45, 7) is 9.54. The Morgan fingerprint density at radius 2 is 0.621 bits per heavy atom. The van der Waals surface area contributed by atoms with Crippen molar-refractivity contribution in [2.45, 2.75) is 387 Å². The summed E-state index contributed by atoms with van der Waals surface area (Å²) in [4.78, 5) is 72.8. The highest BCUT2D eigenvalue weighted by Gasteiger charge is 2.30. The topological polar surface area (TPSA) is 237 Å². The second-order valence-corrected chi connectivity index (χ2v) is 30.3. The molecule has 0 spiro atoms. The van der Waals surface area contributed by atoms with Crippen molar-refractivity contribution in [3.05, 3.63) is 24.3 Å². The third-order valence-corrected chi connectivity index (χ3v) is 19.3. The predicted octanol–water partition coefficient (Wildman–Crippen LogP) is 21.9. The third kappa shape index (κ3) is 68.5. The van der Waals surface area contributed by atoms with Crippen LogP contribution in [0.25, 0.3) is 0 Å². The summed E-state index contributed by atoms with van der Waals surface area (Å²) in [5.41, 5.74) is 0. The zero-order valence-corrected chi connectivity index (χ0v) is 63.2. The lowest BCUT2D eigenvalue weighted by Crippen LogP contribution is -2.30. The molecule has 0 rings (SSSR count). The summed E-state index contributed by atoms with van der Waals surface area (Å²) < 4.78 is 68.5. The second kappa shape index (κ2) is 67.4. The van der Waals surface area contributed by atoms with E-state index in [0.717, 1.165) is 115 Å². The second-order valence-electron chi connectivity index (χ2n) is 27.4. The molecule has 0 aliphatic heterocycles. The van der Waals surface area contributed by atoms with E-state index in [1.807, 2.05) is 0 Å². The molecule has 0 heterocycles. The first-order valence-corrected chi connectivity index (χ1v) is 41.8. The Labute approximate surface area is 580 Å². The molecule has 0 bridgehead atoms. The highest BCUT2D eigenvalue weighted by molar-refractivity contribution is 7.47. The zero-order chi connectivity index (χ0) is 70.0. The number of rotatable bonds is 73. The van der Waals surface area contributed by atoms with E-state index in [4.69, 9.17) is 37.0 Å². The molecule has 0 aromatic rings. The standard InChI is InChI=1S/C76H144O17P2/c1-7-10-12-14-16-18-20-22-24-26-30-35-43-49-55-61-76(81)92-71(64-86-73(78)58-52-46-40-33-31-27-28-32-38-44-50-56-68(4)5)66-90-94(82,83)88-62-70(77)63-89-95(84,85)91-67-72(65-87-74(79)59-53-47-41-37-36-39-45-51-57-69(6)9-3)93-75(80)60-54-48-42-34-29-25-23-21-19-17-15-13-11-8-2/h18,20,22,24,68-72,77H,7-17,19,21,23,25-67H2,1-6H3,(H,82,83)(H,84,85)/b20-18-,24-22-/t69?,70-,71-,72-/m1/s1. The highest BCUT2D eigenvalue weighted by atomic mass is 31.2. The molecule has 6 atom stereocenters. The molecular formula is C76H144O17P2. The monoisotopic (exact) mass is 1390 g/mol. The number of ether oxygens (including phenoxy) is 4. The molecule has 0 radical (unpaired) electrons. The molecule has 0 aliphatic carbocycles. The number of phosphoric ester groups is 2. The number of hydrogen-bond acceptors (Lipinski definition) is 15. The highest BCUT2D eigenvalue weighted by Crippen LogP contribution is 2.45. The van der Waals surface area contributed by atoms with E-state index in [1.54, 1.807) is 0 Å². The lowest BCUT2D eigenvalue weighted by molar-refractivity contribution is -0.161. The molecule has 0 aromatic heterocycles. The molecule has 0 aromatic carbocycles. The Kier molecular flexibility index (Phi) is 65.6. The fourth-order valence-electron chi connectivity index (χ4n) is 11.1. The van der Waals surface area contributed by atoms with Crippen LogP contribution in [-0.2, 0) is 65.4 Å². The molecule has 0 saturated carbocycles. The van der Waals surface area contributed by atoms with E-state index in [9.17, 15) is 43.2 Å². The fourth-order valence-corrected chi connectivity index (χ4v) is 12.7. The number of unbranched alkanes of at least 4 members (excludes halogenated alkanes) is 39. The van der Waals surface area contributed by atoms with E-state index < -0.39 is 97.5 Å². The Morgan fingerprint density at radius 3 is 0.947 bits per heavy atom. The molecular weight excluding hydrogens is 1250 g/mol. The molecule has 560 valence electrons. The van der Waals surface area contributed by atoms with Crippen molar-refractivity contribution < 1.29 is 80.2 Å². The van der Waals surface area contributed by atoms with Crippen LogP contribution < -0.4 is 0 Å². The fraction of sp³-hybridized carbons (Fsp3) is 0.895. The number of allylic oxidation sites excluding steroid dienone is 4. The van der Waals surface area contributed by atoms with Gasteiger partial charge in [0.1, 0.15) is 19.3 Å². The van der Waals surface area contributed by atoms with Crippen LogP contribution in [0.4, 0.5) is 0 Å². The van der Waals surface area contributed by atoms with Crippen LogP contribution >= 0.6 is 15.6 Å². The van der Waals surface area contributed by atoms with Crippen LogP contribution in [0.2, 0.25) is 0 Å². The third-order valence-electron chi connectivity index (χ3n) is 17.4. The van der Waals surface area contributed by atoms with Gasteiger partial charge >= 0.3 is 39.5 Å². The van der Waals surface area contributed by atoms with Gasteiger partial charge in [0.05, 0.1) is 26.4 Å². The first-order chi connectivity index (χ1) is 45.9. The maximum absolute atomic E-state index is 13.1. The SMILES string of the molecule is CCCCCC/C=C\C=C/CCCCCCCC(=O)O[C@H](COC(=O)CCCCCCCCCCCCCC(C)C)COP(=O)(O)OC[C@@H](O)COP(=O)(O)OC[C@@H](COC(=O)CCCCCCCCCCC(C)CC)OC(=O)CCCCCCCCCCCCCCCC. The average Bonchev–Trinajstić information content (AvgIpc) is 1.59. The van der Waals surface area contributed by atoms with Gasteiger partial charge in [-0.25, -0.2) is 9.13 Å². The molecule has 19 heteroatoms. The number of aliphatic hydroxyl groups excluding tert-OH is 1. The Bertz CT molecular complexity index is 1930.